The monoisotopic (exact) mass is 264 g/mol. The smallest absolute Gasteiger partial charge is 0.124 e. The van der Waals surface area contributed by atoms with Gasteiger partial charge in [0.15, 0.2) is 0 Å². The van der Waals surface area contributed by atoms with Gasteiger partial charge in [-0.25, -0.2) is 9.37 Å². The first-order valence-electron chi connectivity index (χ1n) is 6.05. The molecule has 2 nitrogen and oxygen atoms in total. The van der Waals surface area contributed by atoms with Crippen molar-refractivity contribution in [2.45, 2.75) is 27.3 Å². The number of thiazole rings is 1. The normalized spacial score (nSPS) is 10.9. The van der Waals surface area contributed by atoms with Crippen molar-refractivity contribution in [3.63, 3.8) is 0 Å². The van der Waals surface area contributed by atoms with Crippen LogP contribution in [-0.2, 0) is 6.54 Å². The lowest BCUT2D eigenvalue weighted by molar-refractivity contribution is 0.628. The standard InChI is InChI=1S/C14H17FN2S/c1-4-16-8-13-10(3)17-14(18-13)12-7-11(15)6-5-9(12)2/h5-7,16H,4,8H2,1-3H3. The number of nitrogens with one attached hydrogen (secondary N) is 1. The Morgan fingerprint density at radius 1 is 1.33 bits per heavy atom. The predicted octanol–water partition coefficient (Wildman–Crippen LogP) is 3.68. The average molecular weight is 264 g/mol. The summed E-state index contributed by atoms with van der Waals surface area (Å²) in [5.74, 6) is -0.211. The fraction of sp³-hybridized carbons (Fsp3) is 0.357. The molecule has 96 valence electrons. The number of halogens is 1. The van der Waals surface area contributed by atoms with Crippen LogP contribution >= 0.6 is 11.3 Å². The molecule has 2 rings (SSSR count). The summed E-state index contributed by atoms with van der Waals surface area (Å²) in [6, 6.07) is 4.84. The summed E-state index contributed by atoms with van der Waals surface area (Å²) in [7, 11) is 0. The molecule has 0 aliphatic carbocycles. The first kappa shape index (κ1) is 13.2. The van der Waals surface area contributed by atoms with Crippen molar-refractivity contribution in [3.05, 3.63) is 40.2 Å². The molecule has 0 aliphatic heterocycles. The molecule has 0 bridgehead atoms. The van der Waals surface area contributed by atoms with E-state index in [4.69, 9.17) is 0 Å². The molecule has 0 amide bonds. The van der Waals surface area contributed by atoms with E-state index in [0.717, 1.165) is 34.9 Å². The Labute approximate surface area is 111 Å². The van der Waals surface area contributed by atoms with E-state index in [1.54, 1.807) is 23.5 Å². The van der Waals surface area contributed by atoms with E-state index in [1.165, 1.54) is 10.9 Å². The zero-order valence-corrected chi connectivity index (χ0v) is 11.7. The summed E-state index contributed by atoms with van der Waals surface area (Å²) in [6.45, 7) is 7.82. The van der Waals surface area contributed by atoms with Crippen LogP contribution in [0.5, 0.6) is 0 Å². The molecule has 1 heterocycles. The van der Waals surface area contributed by atoms with E-state index >= 15 is 0 Å². The first-order chi connectivity index (χ1) is 8.61. The molecule has 0 atom stereocenters. The number of aromatic nitrogens is 1. The first-order valence-corrected chi connectivity index (χ1v) is 6.87. The van der Waals surface area contributed by atoms with E-state index in [0.29, 0.717) is 0 Å². The van der Waals surface area contributed by atoms with Gasteiger partial charge in [0.2, 0.25) is 0 Å². The molecule has 18 heavy (non-hydrogen) atoms. The molecule has 1 aromatic carbocycles. The number of hydrogen-bond acceptors (Lipinski definition) is 3. The van der Waals surface area contributed by atoms with Gasteiger partial charge in [-0.2, -0.15) is 0 Å². The largest absolute Gasteiger partial charge is 0.312 e. The van der Waals surface area contributed by atoms with Crippen LogP contribution in [0.4, 0.5) is 4.39 Å². The Hall–Kier alpha value is -1.26. The summed E-state index contributed by atoms with van der Waals surface area (Å²) in [5, 5.41) is 4.19. The number of aryl methyl sites for hydroxylation is 2. The molecule has 1 N–H and O–H groups in total. The van der Waals surface area contributed by atoms with Crippen molar-refractivity contribution in [3.8, 4) is 10.6 Å². The topological polar surface area (TPSA) is 24.9 Å². The quantitative estimate of drug-likeness (QED) is 0.911. The number of rotatable bonds is 4. The SMILES string of the molecule is CCNCc1sc(-c2cc(F)ccc2C)nc1C. The van der Waals surface area contributed by atoms with Gasteiger partial charge in [0.1, 0.15) is 10.8 Å². The fourth-order valence-electron chi connectivity index (χ4n) is 1.77. The van der Waals surface area contributed by atoms with Gasteiger partial charge in [-0.1, -0.05) is 13.0 Å². The van der Waals surface area contributed by atoms with Gasteiger partial charge in [0.05, 0.1) is 5.69 Å². The van der Waals surface area contributed by atoms with Crippen LogP contribution < -0.4 is 5.32 Å². The summed E-state index contributed by atoms with van der Waals surface area (Å²) >= 11 is 1.64. The van der Waals surface area contributed by atoms with Gasteiger partial charge in [-0.05, 0) is 38.1 Å². The molecule has 1 aromatic heterocycles. The average Bonchev–Trinajstić information content (AvgIpc) is 2.71. The Morgan fingerprint density at radius 2 is 2.11 bits per heavy atom. The Balaban J connectivity index is 2.36. The van der Waals surface area contributed by atoms with Crippen molar-refractivity contribution in [2.75, 3.05) is 6.54 Å². The van der Waals surface area contributed by atoms with Gasteiger partial charge < -0.3 is 5.32 Å². The van der Waals surface area contributed by atoms with Crippen LogP contribution in [0.25, 0.3) is 10.6 Å². The second-order valence-electron chi connectivity index (χ2n) is 4.27. The Bertz CT molecular complexity index is 549. The molecule has 0 saturated heterocycles. The summed E-state index contributed by atoms with van der Waals surface area (Å²) in [4.78, 5) is 5.77. The molecule has 2 aromatic rings. The summed E-state index contributed by atoms with van der Waals surface area (Å²) in [5.41, 5.74) is 2.98. The van der Waals surface area contributed by atoms with Crippen molar-refractivity contribution >= 4 is 11.3 Å². The molecule has 0 fully saturated rings. The van der Waals surface area contributed by atoms with Crippen molar-refractivity contribution < 1.29 is 4.39 Å². The summed E-state index contributed by atoms with van der Waals surface area (Å²) in [6.07, 6.45) is 0. The maximum absolute atomic E-state index is 13.3. The van der Waals surface area contributed by atoms with Crippen molar-refractivity contribution in [1.82, 2.24) is 10.3 Å². The third-order valence-corrected chi connectivity index (χ3v) is 4.05. The predicted molar refractivity (Wildman–Crippen MR) is 74.4 cm³/mol. The molecule has 0 aliphatic rings. The number of nitrogens with zero attached hydrogens (tertiary/aromatic N) is 1. The maximum atomic E-state index is 13.3. The second-order valence-corrected chi connectivity index (χ2v) is 5.35. The highest BCUT2D eigenvalue weighted by Gasteiger charge is 2.11. The van der Waals surface area contributed by atoms with E-state index in [1.807, 2.05) is 13.8 Å². The van der Waals surface area contributed by atoms with Crippen molar-refractivity contribution in [1.29, 1.82) is 0 Å². The van der Waals surface area contributed by atoms with Crippen LogP contribution in [0.3, 0.4) is 0 Å². The molecular weight excluding hydrogens is 247 g/mol. The fourth-order valence-corrected chi connectivity index (χ4v) is 2.88. The van der Waals surface area contributed by atoms with E-state index in [-0.39, 0.29) is 5.82 Å². The van der Waals surface area contributed by atoms with Crippen LogP contribution in [-0.4, -0.2) is 11.5 Å². The molecular formula is C14H17FN2S. The zero-order valence-electron chi connectivity index (χ0n) is 10.9. The van der Waals surface area contributed by atoms with E-state index in [9.17, 15) is 4.39 Å². The lowest BCUT2D eigenvalue weighted by Crippen LogP contribution is -2.11. The number of benzene rings is 1. The minimum Gasteiger partial charge on any atom is -0.312 e. The van der Waals surface area contributed by atoms with Crippen molar-refractivity contribution in [2.24, 2.45) is 0 Å². The zero-order chi connectivity index (χ0) is 13.1. The highest BCUT2D eigenvalue weighted by atomic mass is 32.1. The molecule has 0 spiro atoms. The Kier molecular flexibility index (Phi) is 4.09. The van der Waals surface area contributed by atoms with E-state index in [2.05, 4.69) is 17.2 Å². The Morgan fingerprint density at radius 3 is 2.83 bits per heavy atom. The summed E-state index contributed by atoms with van der Waals surface area (Å²) < 4.78 is 13.3. The molecule has 0 unspecified atom stereocenters. The number of hydrogen-bond donors (Lipinski definition) is 1. The third-order valence-electron chi connectivity index (χ3n) is 2.86. The van der Waals surface area contributed by atoms with Crippen LogP contribution in [0.1, 0.15) is 23.1 Å². The van der Waals surface area contributed by atoms with Crippen LogP contribution in [0.15, 0.2) is 18.2 Å². The van der Waals surface area contributed by atoms with Gasteiger partial charge in [-0.15, -0.1) is 11.3 Å². The highest BCUT2D eigenvalue weighted by molar-refractivity contribution is 7.15. The van der Waals surface area contributed by atoms with Gasteiger partial charge in [0, 0.05) is 17.0 Å². The molecule has 0 radical (unpaired) electrons. The highest BCUT2D eigenvalue weighted by Crippen LogP contribution is 2.30. The minimum atomic E-state index is -0.211. The minimum absolute atomic E-state index is 0.211. The third kappa shape index (κ3) is 2.76. The van der Waals surface area contributed by atoms with Gasteiger partial charge in [0.25, 0.3) is 0 Å². The molecule has 4 heteroatoms. The second kappa shape index (κ2) is 5.59. The van der Waals surface area contributed by atoms with Gasteiger partial charge >= 0.3 is 0 Å². The maximum Gasteiger partial charge on any atom is 0.124 e. The molecule has 0 saturated carbocycles. The van der Waals surface area contributed by atoms with Gasteiger partial charge in [-0.3, -0.25) is 0 Å². The lowest BCUT2D eigenvalue weighted by atomic mass is 10.1. The lowest BCUT2D eigenvalue weighted by Gasteiger charge is -2.01. The van der Waals surface area contributed by atoms with Crippen LogP contribution in [0, 0.1) is 19.7 Å². The van der Waals surface area contributed by atoms with E-state index < -0.39 is 0 Å². The van der Waals surface area contributed by atoms with Crippen LogP contribution in [0.2, 0.25) is 0 Å².